The molecular weight excluding hydrogens is 386 g/mol. The molecule has 0 fully saturated rings. The topological polar surface area (TPSA) is 89.9 Å². The Labute approximate surface area is 165 Å². The number of hydrogen-bond donors (Lipinski definition) is 1. The number of thiazole rings is 1. The van der Waals surface area contributed by atoms with Crippen molar-refractivity contribution in [1.29, 1.82) is 0 Å². The Balaban J connectivity index is 1.56. The van der Waals surface area contributed by atoms with Crippen LogP contribution in [0.25, 0.3) is 0 Å². The minimum absolute atomic E-state index is 0.0573. The van der Waals surface area contributed by atoms with Crippen LogP contribution in [-0.2, 0) is 16.0 Å². The smallest absolute Gasteiger partial charge is 0.260 e. The number of hydrogen-bond acceptors (Lipinski definition) is 7. The summed E-state index contributed by atoms with van der Waals surface area (Å²) in [5.74, 6) is 0.568. The van der Waals surface area contributed by atoms with Crippen molar-refractivity contribution in [2.24, 2.45) is 4.99 Å². The molecule has 27 heavy (non-hydrogen) atoms. The van der Waals surface area contributed by atoms with E-state index in [9.17, 15) is 9.59 Å². The average Bonchev–Trinajstić information content (AvgIpc) is 3.20. The molecule has 0 unspecified atom stereocenters. The second-order valence-corrected chi connectivity index (χ2v) is 8.05. The van der Waals surface area contributed by atoms with Crippen LogP contribution in [0.15, 0.2) is 28.6 Å². The second-order valence-electron chi connectivity index (χ2n) is 5.83. The van der Waals surface area contributed by atoms with Gasteiger partial charge in [0.15, 0.2) is 11.5 Å². The van der Waals surface area contributed by atoms with E-state index in [1.165, 1.54) is 18.9 Å². The summed E-state index contributed by atoms with van der Waals surface area (Å²) >= 11 is 2.88. The van der Waals surface area contributed by atoms with Gasteiger partial charge in [-0.15, -0.1) is 11.3 Å². The monoisotopic (exact) mass is 405 g/mol. The number of amides is 2. The van der Waals surface area contributed by atoms with Crippen LogP contribution in [0.1, 0.15) is 17.1 Å². The van der Waals surface area contributed by atoms with Crippen LogP contribution < -0.4 is 14.8 Å². The molecule has 0 radical (unpaired) electrons. The molecule has 1 aliphatic rings. The maximum Gasteiger partial charge on any atom is 0.260 e. The number of rotatable bonds is 7. The summed E-state index contributed by atoms with van der Waals surface area (Å²) in [4.78, 5) is 32.9. The summed E-state index contributed by atoms with van der Waals surface area (Å²) in [5, 5.41) is 5.87. The van der Waals surface area contributed by atoms with Crippen molar-refractivity contribution in [2.75, 3.05) is 19.5 Å². The molecule has 0 aliphatic carbocycles. The van der Waals surface area contributed by atoms with E-state index in [-0.39, 0.29) is 18.2 Å². The summed E-state index contributed by atoms with van der Waals surface area (Å²) in [6.45, 7) is 1.93. The zero-order valence-electron chi connectivity index (χ0n) is 15.1. The van der Waals surface area contributed by atoms with Crippen LogP contribution in [0.2, 0.25) is 0 Å². The van der Waals surface area contributed by atoms with Crippen LogP contribution in [-0.4, -0.2) is 41.3 Å². The second kappa shape index (κ2) is 8.53. The van der Waals surface area contributed by atoms with Gasteiger partial charge in [-0.3, -0.25) is 9.59 Å². The van der Waals surface area contributed by atoms with Gasteiger partial charge >= 0.3 is 0 Å². The Kier molecular flexibility index (Phi) is 6.12. The van der Waals surface area contributed by atoms with Crippen molar-refractivity contribution in [3.63, 3.8) is 0 Å². The van der Waals surface area contributed by atoms with Gasteiger partial charge in [-0.25, -0.2) is 9.98 Å². The summed E-state index contributed by atoms with van der Waals surface area (Å²) < 4.78 is 10.4. The number of thioether (sulfide) groups is 1. The number of benzene rings is 1. The van der Waals surface area contributed by atoms with Crippen molar-refractivity contribution in [3.8, 4) is 11.5 Å². The number of carbonyl (C=O) groups excluding carboxylic acids is 2. The fourth-order valence-electron chi connectivity index (χ4n) is 2.55. The quantitative estimate of drug-likeness (QED) is 0.761. The first kappa shape index (κ1) is 19.4. The van der Waals surface area contributed by atoms with Gasteiger partial charge in [0.05, 0.1) is 24.3 Å². The van der Waals surface area contributed by atoms with E-state index in [1.54, 1.807) is 36.6 Å². The molecule has 0 bridgehead atoms. The number of aliphatic imine (C=N–C) groups is 1. The molecule has 0 saturated heterocycles. The largest absolute Gasteiger partial charge is 0.493 e. The molecule has 1 atom stereocenters. The number of nitrogens with zero attached hydrogens (tertiary/aromatic N) is 2. The molecule has 9 heteroatoms. The fraction of sp³-hybridized carbons (Fsp3) is 0.333. The lowest BCUT2D eigenvalue weighted by atomic mass is 10.2. The van der Waals surface area contributed by atoms with Gasteiger partial charge in [-0.1, -0.05) is 11.8 Å². The Morgan fingerprint density at radius 3 is 2.70 bits per heavy atom. The summed E-state index contributed by atoms with van der Waals surface area (Å²) in [6, 6.07) is 5.10. The Morgan fingerprint density at radius 2 is 2.04 bits per heavy atom. The third-order valence-corrected chi connectivity index (χ3v) is 5.92. The standard InChI is InChI=1S/C18H19N3O4S2/c1-10-9-26-16(19-10)8-17-21-18(23)14(27-17)7-15(22)20-11-4-5-12(24-2)13(6-11)25-3/h4-6,9,14H,7-8H2,1-3H3,(H,20,22)/t14-/m0/s1. The van der Waals surface area contributed by atoms with E-state index in [1.807, 2.05) is 12.3 Å². The highest BCUT2D eigenvalue weighted by molar-refractivity contribution is 8.15. The van der Waals surface area contributed by atoms with Gasteiger partial charge in [0.25, 0.3) is 5.91 Å². The molecule has 2 heterocycles. The lowest BCUT2D eigenvalue weighted by molar-refractivity contribution is -0.121. The number of ether oxygens (including phenoxy) is 2. The van der Waals surface area contributed by atoms with Gasteiger partial charge in [0.1, 0.15) is 5.25 Å². The highest BCUT2D eigenvalue weighted by atomic mass is 32.2. The van der Waals surface area contributed by atoms with E-state index in [0.717, 1.165) is 10.7 Å². The Hall–Kier alpha value is -2.39. The van der Waals surface area contributed by atoms with E-state index in [2.05, 4.69) is 15.3 Å². The molecule has 3 rings (SSSR count). The van der Waals surface area contributed by atoms with E-state index in [4.69, 9.17) is 9.47 Å². The summed E-state index contributed by atoms with van der Waals surface area (Å²) in [5.41, 5.74) is 1.53. The van der Waals surface area contributed by atoms with Crippen molar-refractivity contribution >= 4 is 45.6 Å². The SMILES string of the molecule is COc1ccc(NC(=O)C[C@@H]2SC(Cc3nc(C)cs3)=NC2=O)cc1OC. The molecule has 0 saturated carbocycles. The summed E-state index contributed by atoms with van der Waals surface area (Å²) in [7, 11) is 3.07. The van der Waals surface area contributed by atoms with Crippen molar-refractivity contribution in [3.05, 3.63) is 34.3 Å². The number of methoxy groups -OCH3 is 2. The number of carbonyl (C=O) groups is 2. The van der Waals surface area contributed by atoms with Crippen molar-refractivity contribution in [1.82, 2.24) is 4.98 Å². The number of aryl methyl sites for hydroxylation is 1. The third-order valence-electron chi connectivity index (χ3n) is 3.80. The number of aromatic nitrogens is 1. The van der Waals surface area contributed by atoms with Gasteiger partial charge in [-0.2, -0.15) is 0 Å². The minimum Gasteiger partial charge on any atom is -0.493 e. The molecular formula is C18H19N3O4S2. The maximum atomic E-state index is 12.3. The normalized spacial score (nSPS) is 16.2. The first-order chi connectivity index (χ1) is 13.0. The van der Waals surface area contributed by atoms with Crippen LogP contribution in [0.4, 0.5) is 5.69 Å². The van der Waals surface area contributed by atoms with Gasteiger partial charge in [-0.05, 0) is 19.1 Å². The third kappa shape index (κ3) is 4.86. The summed E-state index contributed by atoms with van der Waals surface area (Å²) in [6.07, 6.45) is 0.588. The first-order valence-corrected chi connectivity index (χ1v) is 9.95. The van der Waals surface area contributed by atoms with Gasteiger partial charge in [0.2, 0.25) is 5.91 Å². The predicted octanol–water partition coefficient (Wildman–Crippen LogP) is 3.08. The molecule has 2 amide bonds. The van der Waals surface area contributed by atoms with Gasteiger partial charge < -0.3 is 14.8 Å². The highest BCUT2D eigenvalue weighted by Crippen LogP contribution is 2.31. The molecule has 2 aromatic rings. The Morgan fingerprint density at radius 1 is 1.26 bits per heavy atom. The molecule has 1 aromatic heterocycles. The Bertz CT molecular complexity index is 894. The molecule has 1 N–H and O–H groups in total. The van der Waals surface area contributed by atoms with Crippen molar-refractivity contribution in [2.45, 2.75) is 25.0 Å². The predicted molar refractivity (Wildman–Crippen MR) is 107 cm³/mol. The molecule has 1 aliphatic heterocycles. The maximum absolute atomic E-state index is 12.3. The van der Waals surface area contributed by atoms with Crippen LogP contribution >= 0.6 is 23.1 Å². The lowest BCUT2D eigenvalue weighted by Crippen LogP contribution is -2.21. The van der Waals surface area contributed by atoms with Crippen LogP contribution in [0.3, 0.4) is 0 Å². The van der Waals surface area contributed by atoms with Crippen molar-refractivity contribution < 1.29 is 19.1 Å². The zero-order valence-corrected chi connectivity index (χ0v) is 16.8. The highest BCUT2D eigenvalue weighted by Gasteiger charge is 2.30. The number of anilines is 1. The molecule has 7 nitrogen and oxygen atoms in total. The fourth-order valence-corrected chi connectivity index (χ4v) is 4.50. The molecule has 142 valence electrons. The van der Waals surface area contributed by atoms with Gasteiger partial charge in [0, 0.05) is 35.7 Å². The average molecular weight is 406 g/mol. The molecule has 0 spiro atoms. The van der Waals surface area contributed by atoms with Crippen LogP contribution in [0.5, 0.6) is 11.5 Å². The van der Waals surface area contributed by atoms with Crippen LogP contribution in [0, 0.1) is 6.92 Å². The molecule has 1 aromatic carbocycles. The zero-order chi connectivity index (χ0) is 19.4. The first-order valence-electron chi connectivity index (χ1n) is 8.19. The van der Waals surface area contributed by atoms with E-state index in [0.29, 0.717) is 28.7 Å². The van der Waals surface area contributed by atoms with E-state index >= 15 is 0 Å². The number of nitrogens with one attached hydrogen (secondary N) is 1. The lowest BCUT2D eigenvalue weighted by Gasteiger charge is -2.11. The van der Waals surface area contributed by atoms with E-state index < -0.39 is 5.25 Å². The minimum atomic E-state index is -0.499.